The smallest absolute Gasteiger partial charge is 0.383 e. The lowest BCUT2D eigenvalue weighted by molar-refractivity contribution is -0.140. The van der Waals surface area contributed by atoms with E-state index in [0.29, 0.717) is 12.2 Å². The van der Waals surface area contributed by atoms with Gasteiger partial charge >= 0.3 is 6.18 Å². The van der Waals surface area contributed by atoms with Gasteiger partial charge in [-0.3, -0.25) is 0 Å². The Bertz CT molecular complexity index is 406. The van der Waals surface area contributed by atoms with Crippen molar-refractivity contribution in [1.82, 2.24) is 5.32 Å². The van der Waals surface area contributed by atoms with Gasteiger partial charge < -0.3 is 10.1 Å². The molecule has 0 heterocycles. The molecule has 0 bridgehead atoms. The number of hydrogen-bond donors (Lipinski definition) is 1. The molecule has 0 spiro atoms. The average molecular weight is 279 g/mol. The zero-order chi connectivity index (χ0) is 14.5. The number of rotatable bonds is 6. The maximum absolute atomic E-state index is 13.1. The molecule has 2 nitrogen and oxygen atoms in total. The fourth-order valence-electron chi connectivity index (χ4n) is 1.68. The second kappa shape index (κ2) is 6.86. The first-order valence-electron chi connectivity index (χ1n) is 5.96. The van der Waals surface area contributed by atoms with Crippen LogP contribution in [0.5, 0.6) is 0 Å². The number of halogens is 4. The SMILES string of the molecule is CCC(COC)NCc1ccc(F)c(C(F)(F)F)c1. The predicted molar refractivity (Wildman–Crippen MR) is 64.2 cm³/mol. The molecule has 1 atom stereocenters. The third-order valence-corrected chi connectivity index (χ3v) is 2.79. The van der Waals surface area contributed by atoms with E-state index < -0.39 is 17.6 Å². The summed E-state index contributed by atoms with van der Waals surface area (Å²) in [6, 6.07) is 3.08. The van der Waals surface area contributed by atoms with Crippen molar-refractivity contribution in [3.63, 3.8) is 0 Å². The molecule has 0 amide bonds. The van der Waals surface area contributed by atoms with E-state index in [2.05, 4.69) is 5.32 Å². The minimum atomic E-state index is -4.67. The maximum Gasteiger partial charge on any atom is 0.419 e. The van der Waals surface area contributed by atoms with Crippen LogP contribution in [-0.4, -0.2) is 19.8 Å². The van der Waals surface area contributed by atoms with Crippen molar-refractivity contribution >= 4 is 0 Å². The van der Waals surface area contributed by atoms with Gasteiger partial charge in [0.1, 0.15) is 5.82 Å². The van der Waals surface area contributed by atoms with E-state index in [4.69, 9.17) is 4.74 Å². The van der Waals surface area contributed by atoms with Crippen LogP contribution in [0.2, 0.25) is 0 Å². The standard InChI is InChI=1S/C13H17F4NO/c1-3-10(8-19-2)18-7-9-4-5-12(14)11(6-9)13(15,16)17/h4-6,10,18H,3,7-8H2,1-2H3. The second-order valence-corrected chi connectivity index (χ2v) is 4.25. The van der Waals surface area contributed by atoms with E-state index in [-0.39, 0.29) is 12.6 Å². The molecule has 0 aliphatic carbocycles. The Labute approximate surface area is 109 Å². The second-order valence-electron chi connectivity index (χ2n) is 4.25. The van der Waals surface area contributed by atoms with Gasteiger partial charge in [0, 0.05) is 19.7 Å². The minimum absolute atomic E-state index is 0.0596. The molecule has 1 N–H and O–H groups in total. The van der Waals surface area contributed by atoms with Gasteiger partial charge in [0.05, 0.1) is 12.2 Å². The highest BCUT2D eigenvalue weighted by atomic mass is 19.4. The van der Waals surface area contributed by atoms with E-state index in [1.165, 1.54) is 6.07 Å². The largest absolute Gasteiger partial charge is 0.419 e. The first-order chi connectivity index (χ1) is 8.88. The summed E-state index contributed by atoms with van der Waals surface area (Å²) in [5.74, 6) is -1.25. The summed E-state index contributed by atoms with van der Waals surface area (Å²) in [5.41, 5.74) is -0.838. The number of methoxy groups -OCH3 is 1. The van der Waals surface area contributed by atoms with E-state index in [0.717, 1.165) is 18.6 Å². The molecule has 0 fully saturated rings. The van der Waals surface area contributed by atoms with Crippen LogP contribution in [0.25, 0.3) is 0 Å². The van der Waals surface area contributed by atoms with Crippen LogP contribution in [0, 0.1) is 5.82 Å². The highest BCUT2D eigenvalue weighted by Gasteiger charge is 2.34. The fourth-order valence-corrected chi connectivity index (χ4v) is 1.68. The normalized spacial score (nSPS) is 13.6. The Kier molecular flexibility index (Phi) is 5.75. The number of ether oxygens (including phenoxy) is 1. The zero-order valence-corrected chi connectivity index (χ0v) is 10.9. The van der Waals surface area contributed by atoms with Crippen LogP contribution in [0.3, 0.4) is 0 Å². The van der Waals surface area contributed by atoms with Gasteiger partial charge in [-0.2, -0.15) is 13.2 Å². The van der Waals surface area contributed by atoms with Gasteiger partial charge in [-0.05, 0) is 24.1 Å². The number of hydrogen-bond acceptors (Lipinski definition) is 2. The summed E-state index contributed by atoms with van der Waals surface area (Å²) >= 11 is 0. The molecule has 0 aliphatic rings. The van der Waals surface area contributed by atoms with Crippen LogP contribution in [0.15, 0.2) is 18.2 Å². The van der Waals surface area contributed by atoms with Crippen molar-refractivity contribution in [3.8, 4) is 0 Å². The summed E-state index contributed by atoms with van der Waals surface area (Å²) in [6.07, 6.45) is -3.88. The Hall–Kier alpha value is -1.14. The van der Waals surface area contributed by atoms with Gasteiger partial charge in [0.25, 0.3) is 0 Å². The molecule has 0 aliphatic heterocycles. The van der Waals surface area contributed by atoms with Crippen molar-refractivity contribution in [2.75, 3.05) is 13.7 Å². The third kappa shape index (κ3) is 4.80. The molecule has 1 aromatic carbocycles. The summed E-state index contributed by atoms with van der Waals surface area (Å²) in [7, 11) is 1.56. The van der Waals surface area contributed by atoms with Crippen LogP contribution in [-0.2, 0) is 17.5 Å². The topological polar surface area (TPSA) is 21.3 Å². The molecule has 0 saturated heterocycles. The van der Waals surface area contributed by atoms with Crippen molar-refractivity contribution in [1.29, 1.82) is 0 Å². The lowest BCUT2D eigenvalue weighted by atomic mass is 10.1. The quantitative estimate of drug-likeness (QED) is 0.806. The van der Waals surface area contributed by atoms with Crippen LogP contribution in [0.4, 0.5) is 17.6 Å². The molecule has 0 aromatic heterocycles. The van der Waals surface area contributed by atoms with Crippen molar-refractivity contribution in [2.45, 2.75) is 32.1 Å². The maximum atomic E-state index is 13.1. The Morgan fingerprint density at radius 1 is 1.32 bits per heavy atom. The van der Waals surface area contributed by atoms with E-state index >= 15 is 0 Å². The first-order valence-corrected chi connectivity index (χ1v) is 5.96. The average Bonchev–Trinajstić information content (AvgIpc) is 2.34. The van der Waals surface area contributed by atoms with Crippen LogP contribution >= 0.6 is 0 Å². The van der Waals surface area contributed by atoms with E-state index in [9.17, 15) is 17.6 Å². The molecular weight excluding hydrogens is 262 g/mol. The lowest BCUT2D eigenvalue weighted by Gasteiger charge is -2.16. The molecule has 6 heteroatoms. The predicted octanol–water partition coefficient (Wildman–Crippen LogP) is 3.36. The molecule has 108 valence electrons. The lowest BCUT2D eigenvalue weighted by Crippen LogP contribution is -2.32. The van der Waals surface area contributed by atoms with Crippen molar-refractivity contribution < 1.29 is 22.3 Å². The highest BCUT2D eigenvalue weighted by Crippen LogP contribution is 2.31. The number of alkyl halides is 3. The summed E-state index contributed by atoms with van der Waals surface area (Å²) in [5, 5.41) is 3.07. The Balaban J connectivity index is 2.75. The Morgan fingerprint density at radius 2 is 2.00 bits per heavy atom. The van der Waals surface area contributed by atoms with E-state index in [1.54, 1.807) is 7.11 Å². The molecule has 1 rings (SSSR count). The minimum Gasteiger partial charge on any atom is -0.383 e. The molecule has 0 radical (unpaired) electrons. The molecular formula is C13H17F4NO. The third-order valence-electron chi connectivity index (χ3n) is 2.79. The van der Waals surface area contributed by atoms with Gasteiger partial charge in [0.2, 0.25) is 0 Å². The van der Waals surface area contributed by atoms with Crippen molar-refractivity contribution in [2.24, 2.45) is 0 Å². The van der Waals surface area contributed by atoms with Gasteiger partial charge in [0.15, 0.2) is 0 Å². The van der Waals surface area contributed by atoms with Crippen LogP contribution < -0.4 is 5.32 Å². The zero-order valence-electron chi connectivity index (χ0n) is 10.9. The molecule has 19 heavy (non-hydrogen) atoms. The molecule has 1 unspecified atom stereocenters. The van der Waals surface area contributed by atoms with Gasteiger partial charge in [-0.25, -0.2) is 4.39 Å². The Morgan fingerprint density at radius 3 is 2.53 bits per heavy atom. The summed E-state index contributed by atoms with van der Waals surface area (Å²) in [4.78, 5) is 0. The summed E-state index contributed by atoms with van der Waals surface area (Å²) < 4.78 is 55.7. The van der Waals surface area contributed by atoms with Crippen LogP contribution in [0.1, 0.15) is 24.5 Å². The van der Waals surface area contributed by atoms with Crippen molar-refractivity contribution in [3.05, 3.63) is 35.1 Å². The first kappa shape index (κ1) is 15.9. The number of nitrogens with one attached hydrogen (secondary N) is 1. The fraction of sp³-hybridized carbons (Fsp3) is 0.538. The van der Waals surface area contributed by atoms with E-state index in [1.807, 2.05) is 6.92 Å². The van der Waals surface area contributed by atoms with Gasteiger partial charge in [-0.15, -0.1) is 0 Å². The number of benzene rings is 1. The summed E-state index contributed by atoms with van der Waals surface area (Å²) in [6.45, 7) is 2.66. The monoisotopic (exact) mass is 279 g/mol. The molecule has 1 aromatic rings. The molecule has 0 saturated carbocycles. The highest BCUT2D eigenvalue weighted by molar-refractivity contribution is 5.27. The van der Waals surface area contributed by atoms with Gasteiger partial charge in [-0.1, -0.05) is 13.0 Å².